The van der Waals surface area contributed by atoms with Crippen molar-refractivity contribution >= 4 is 11.8 Å². The fourth-order valence-corrected chi connectivity index (χ4v) is 3.75. The van der Waals surface area contributed by atoms with Crippen molar-refractivity contribution in [3.8, 4) is 0 Å². The lowest BCUT2D eigenvalue weighted by Gasteiger charge is -2.39. The van der Waals surface area contributed by atoms with Gasteiger partial charge in [0.05, 0.1) is 0 Å². The maximum atomic E-state index is 5.76. The molecule has 3 heteroatoms. The van der Waals surface area contributed by atoms with E-state index in [2.05, 4.69) is 16.7 Å². The molecule has 2 heterocycles. The second-order valence-electron chi connectivity index (χ2n) is 4.58. The number of likely N-dealkylation sites (tertiary alicyclic amines) is 1. The van der Waals surface area contributed by atoms with Gasteiger partial charge in [-0.05, 0) is 56.2 Å². The normalized spacial score (nSPS) is 31.9. The van der Waals surface area contributed by atoms with Crippen LogP contribution in [0.1, 0.15) is 25.7 Å². The Morgan fingerprint density at radius 2 is 2.00 bits per heavy atom. The topological polar surface area (TPSA) is 29.3 Å². The van der Waals surface area contributed by atoms with E-state index in [-0.39, 0.29) is 0 Å². The van der Waals surface area contributed by atoms with E-state index in [0.29, 0.717) is 0 Å². The molecule has 2 aliphatic heterocycles. The van der Waals surface area contributed by atoms with Gasteiger partial charge in [-0.15, -0.1) is 0 Å². The van der Waals surface area contributed by atoms with Crippen LogP contribution in [0.3, 0.4) is 0 Å². The molecule has 0 unspecified atom stereocenters. The van der Waals surface area contributed by atoms with E-state index in [0.717, 1.165) is 18.5 Å². The smallest absolute Gasteiger partial charge is 0.0111 e. The van der Waals surface area contributed by atoms with Gasteiger partial charge in [0.15, 0.2) is 0 Å². The molecule has 2 aliphatic rings. The molecular weight excluding hydrogens is 192 g/mol. The van der Waals surface area contributed by atoms with Gasteiger partial charge in [-0.2, -0.15) is 11.8 Å². The molecule has 0 aromatic rings. The van der Waals surface area contributed by atoms with E-state index >= 15 is 0 Å². The zero-order valence-corrected chi connectivity index (χ0v) is 9.77. The third-order valence-electron chi connectivity index (χ3n) is 3.59. The van der Waals surface area contributed by atoms with Crippen LogP contribution < -0.4 is 5.73 Å². The second kappa shape index (κ2) is 5.38. The molecule has 82 valence electrons. The Morgan fingerprint density at radius 3 is 2.71 bits per heavy atom. The molecule has 2 fully saturated rings. The lowest BCUT2D eigenvalue weighted by molar-refractivity contribution is 0.119. The molecule has 0 amide bonds. The summed E-state index contributed by atoms with van der Waals surface area (Å²) in [5.74, 6) is 3.52. The van der Waals surface area contributed by atoms with Gasteiger partial charge in [0, 0.05) is 12.6 Å². The van der Waals surface area contributed by atoms with Crippen LogP contribution in [0.15, 0.2) is 0 Å². The molecule has 2 rings (SSSR count). The summed E-state index contributed by atoms with van der Waals surface area (Å²) in [5, 5.41) is 0. The van der Waals surface area contributed by atoms with Crippen molar-refractivity contribution in [3.63, 3.8) is 0 Å². The third kappa shape index (κ3) is 2.65. The van der Waals surface area contributed by atoms with Gasteiger partial charge in [0.2, 0.25) is 0 Å². The minimum atomic E-state index is 0.776. The maximum absolute atomic E-state index is 5.76. The molecule has 0 aliphatic carbocycles. The molecule has 0 aromatic heterocycles. The van der Waals surface area contributed by atoms with E-state index in [1.165, 1.54) is 50.3 Å². The molecule has 0 bridgehead atoms. The van der Waals surface area contributed by atoms with Crippen molar-refractivity contribution in [1.29, 1.82) is 0 Å². The number of nitrogens with zero attached hydrogens (tertiary/aromatic N) is 1. The number of hydrogen-bond donors (Lipinski definition) is 1. The van der Waals surface area contributed by atoms with Gasteiger partial charge in [-0.25, -0.2) is 0 Å². The zero-order valence-electron chi connectivity index (χ0n) is 8.95. The van der Waals surface area contributed by atoms with E-state index in [1.807, 2.05) is 0 Å². The van der Waals surface area contributed by atoms with Crippen molar-refractivity contribution in [2.24, 2.45) is 11.7 Å². The summed E-state index contributed by atoms with van der Waals surface area (Å²) in [7, 11) is 0. The Bertz CT molecular complexity index is 169. The first kappa shape index (κ1) is 10.8. The van der Waals surface area contributed by atoms with E-state index in [4.69, 9.17) is 5.73 Å². The molecule has 2 nitrogen and oxygen atoms in total. The van der Waals surface area contributed by atoms with Gasteiger partial charge in [-0.3, -0.25) is 0 Å². The third-order valence-corrected chi connectivity index (χ3v) is 4.64. The highest BCUT2D eigenvalue weighted by Crippen LogP contribution is 2.25. The first-order valence-corrected chi connectivity index (χ1v) is 7.07. The zero-order chi connectivity index (χ0) is 9.80. The lowest BCUT2D eigenvalue weighted by Crippen LogP contribution is -2.45. The molecule has 0 aromatic carbocycles. The van der Waals surface area contributed by atoms with E-state index in [9.17, 15) is 0 Å². The number of piperidine rings is 1. The quantitative estimate of drug-likeness (QED) is 0.756. The predicted octanol–water partition coefficient (Wildman–Crippen LogP) is 1.55. The first-order valence-electron chi connectivity index (χ1n) is 5.92. The molecule has 2 N–H and O–H groups in total. The van der Waals surface area contributed by atoms with Crippen molar-refractivity contribution in [3.05, 3.63) is 0 Å². The van der Waals surface area contributed by atoms with Gasteiger partial charge >= 0.3 is 0 Å². The molecule has 0 saturated carbocycles. The number of nitrogens with two attached hydrogens (primary N) is 1. The summed E-state index contributed by atoms with van der Waals surface area (Å²) in [4.78, 5) is 2.71. The molecule has 2 saturated heterocycles. The van der Waals surface area contributed by atoms with Crippen LogP contribution in [0, 0.1) is 5.92 Å². The Labute approximate surface area is 91.6 Å². The fraction of sp³-hybridized carbons (Fsp3) is 1.00. The standard InChI is InChI=1S/C11H22N2S/c12-8-10-2-1-5-13(9-10)11-3-6-14-7-4-11/h10-11H,1-9,12H2/t10-/m0/s1. The van der Waals surface area contributed by atoms with Gasteiger partial charge in [0.25, 0.3) is 0 Å². The van der Waals surface area contributed by atoms with E-state index in [1.54, 1.807) is 0 Å². The Hall–Kier alpha value is 0.270. The minimum Gasteiger partial charge on any atom is -0.330 e. The largest absolute Gasteiger partial charge is 0.330 e. The van der Waals surface area contributed by atoms with Crippen molar-refractivity contribution in [1.82, 2.24) is 4.90 Å². The monoisotopic (exact) mass is 214 g/mol. The Kier molecular flexibility index (Phi) is 4.14. The van der Waals surface area contributed by atoms with Gasteiger partial charge in [0.1, 0.15) is 0 Å². The summed E-state index contributed by atoms with van der Waals surface area (Å²) in [5.41, 5.74) is 5.76. The highest BCUT2D eigenvalue weighted by Gasteiger charge is 2.26. The Morgan fingerprint density at radius 1 is 1.21 bits per heavy atom. The summed E-state index contributed by atoms with van der Waals surface area (Å²) < 4.78 is 0. The predicted molar refractivity (Wildman–Crippen MR) is 63.7 cm³/mol. The Balaban J connectivity index is 1.83. The summed E-state index contributed by atoms with van der Waals surface area (Å²) >= 11 is 2.12. The average Bonchev–Trinajstić information content (AvgIpc) is 2.30. The van der Waals surface area contributed by atoms with E-state index < -0.39 is 0 Å². The van der Waals surface area contributed by atoms with Crippen LogP contribution in [0.2, 0.25) is 0 Å². The average molecular weight is 214 g/mol. The van der Waals surface area contributed by atoms with Gasteiger partial charge < -0.3 is 10.6 Å². The lowest BCUT2D eigenvalue weighted by atomic mass is 9.95. The summed E-state index contributed by atoms with van der Waals surface area (Å²) in [6.07, 6.45) is 5.53. The van der Waals surface area contributed by atoms with Crippen LogP contribution in [-0.2, 0) is 0 Å². The minimum absolute atomic E-state index is 0.776. The molecule has 1 atom stereocenters. The van der Waals surface area contributed by atoms with Crippen molar-refractivity contribution in [2.75, 3.05) is 31.1 Å². The number of hydrogen-bond acceptors (Lipinski definition) is 3. The van der Waals surface area contributed by atoms with Crippen LogP contribution in [-0.4, -0.2) is 42.1 Å². The van der Waals surface area contributed by atoms with Crippen LogP contribution >= 0.6 is 11.8 Å². The molecule has 0 spiro atoms. The van der Waals surface area contributed by atoms with Crippen LogP contribution in [0.25, 0.3) is 0 Å². The highest BCUT2D eigenvalue weighted by atomic mass is 32.2. The molecule has 14 heavy (non-hydrogen) atoms. The number of thioether (sulfide) groups is 1. The number of rotatable bonds is 2. The first-order chi connectivity index (χ1) is 6.90. The SMILES string of the molecule is NC[C@@H]1CCCN(C2CCSCC2)C1. The maximum Gasteiger partial charge on any atom is 0.0111 e. The fourth-order valence-electron chi connectivity index (χ4n) is 2.67. The van der Waals surface area contributed by atoms with Crippen LogP contribution in [0.4, 0.5) is 0 Å². The summed E-state index contributed by atoms with van der Waals surface area (Å²) in [6, 6.07) is 0.880. The second-order valence-corrected chi connectivity index (χ2v) is 5.81. The summed E-state index contributed by atoms with van der Waals surface area (Å²) in [6.45, 7) is 3.48. The molecule has 0 radical (unpaired) electrons. The van der Waals surface area contributed by atoms with Gasteiger partial charge in [-0.1, -0.05) is 0 Å². The highest BCUT2D eigenvalue weighted by molar-refractivity contribution is 7.99. The molecular formula is C11H22N2S. The van der Waals surface area contributed by atoms with Crippen LogP contribution in [0.5, 0.6) is 0 Å². The van der Waals surface area contributed by atoms with Crippen molar-refractivity contribution < 1.29 is 0 Å². The van der Waals surface area contributed by atoms with Crippen molar-refractivity contribution in [2.45, 2.75) is 31.7 Å².